The maximum atomic E-state index is 3.56. The summed E-state index contributed by atoms with van der Waals surface area (Å²) in [6, 6.07) is 16.7. The zero-order valence-electron chi connectivity index (χ0n) is 9.45. The summed E-state index contributed by atoms with van der Waals surface area (Å²) < 4.78 is 2.13. The lowest BCUT2D eigenvalue weighted by molar-refractivity contribution is 0.882. The highest BCUT2D eigenvalue weighted by Gasteiger charge is 2.09. The molecule has 1 unspecified atom stereocenters. The molecular formula is C14H13Br2N. The second kappa shape index (κ2) is 5.69. The minimum Gasteiger partial charge on any atom is -0.377 e. The average molecular weight is 355 g/mol. The van der Waals surface area contributed by atoms with Gasteiger partial charge < -0.3 is 5.32 Å². The van der Waals surface area contributed by atoms with E-state index >= 15 is 0 Å². The van der Waals surface area contributed by atoms with Gasteiger partial charge in [0.15, 0.2) is 0 Å². The predicted octanol–water partition coefficient (Wildman–Crippen LogP) is 5.38. The van der Waals surface area contributed by atoms with Crippen molar-refractivity contribution in [1.82, 2.24) is 0 Å². The van der Waals surface area contributed by atoms with Crippen LogP contribution in [0.3, 0.4) is 0 Å². The van der Waals surface area contributed by atoms with E-state index in [2.05, 4.69) is 68.4 Å². The van der Waals surface area contributed by atoms with Crippen LogP contribution in [0.25, 0.3) is 0 Å². The Bertz CT molecular complexity index is 477. The number of anilines is 1. The van der Waals surface area contributed by atoms with Crippen LogP contribution in [0.4, 0.5) is 5.69 Å². The Morgan fingerprint density at radius 2 is 1.47 bits per heavy atom. The molecule has 88 valence electrons. The number of benzene rings is 2. The Labute approximate surface area is 119 Å². The smallest absolute Gasteiger partial charge is 0.0633 e. The molecular weight excluding hydrogens is 342 g/mol. The van der Waals surface area contributed by atoms with Crippen molar-refractivity contribution >= 4 is 37.5 Å². The number of halogens is 2. The van der Waals surface area contributed by atoms with Gasteiger partial charge in [0.05, 0.1) is 5.69 Å². The summed E-state index contributed by atoms with van der Waals surface area (Å²) >= 11 is 7.11. The molecule has 0 fully saturated rings. The van der Waals surface area contributed by atoms with Gasteiger partial charge >= 0.3 is 0 Å². The van der Waals surface area contributed by atoms with Gasteiger partial charge in [0, 0.05) is 15.0 Å². The van der Waals surface area contributed by atoms with Crippen LogP contribution in [0, 0.1) is 0 Å². The molecule has 2 rings (SSSR count). The maximum Gasteiger partial charge on any atom is 0.0633 e. The van der Waals surface area contributed by atoms with Gasteiger partial charge in [0.1, 0.15) is 0 Å². The molecule has 1 N–H and O–H groups in total. The van der Waals surface area contributed by atoms with Crippen LogP contribution in [0.15, 0.2) is 57.5 Å². The van der Waals surface area contributed by atoms with E-state index in [1.807, 2.05) is 24.3 Å². The van der Waals surface area contributed by atoms with Gasteiger partial charge in [-0.1, -0.05) is 36.4 Å². The first-order chi connectivity index (χ1) is 8.18. The Balaban J connectivity index is 2.22. The van der Waals surface area contributed by atoms with Crippen LogP contribution in [-0.2, 0) is 0 Å². The Morgan fingerprint density at radius 1 is 0.882 bits per heavy atom. The lowest BCUT2D eigenvalue weighted by Gasteiger charge is -2.18. The number of nitrogens with one attached hydrogen (secondary N) is 1. The molecule has 3 heteroatoms. The first-order valence-electron chi connectivity index (χ1n) is 5.44. The summed E-state index contributed by atoms with van der Waals surface area (Å²) in [5, 5.41) is 3.50. The predicted molar refractivity (Wildman–Crippen MR) is 80.3 cm³/mol. The fourth-order valence-corrected chi connectivity index (χ4v) is 2.90. The van der Waals surface area contributed by atoms with Crippen LogP contribution in [0.5, 0.6) is 0 Å². The first-order valence-corrected chi connectivity index (χ1v) is 7.02. The third-order valence-electron chi connectivity index (χ3n) is 2.62. The summed E-state index contributed by atoms with van der Waals surface area (Å²) in [7, 11) is 0. The number of rotatable bonds is 3. The van der Waals surface area contributed by atoms with Crippen LogP contribution in [-0.4, -0.2) is 0 Å². The molecule has 1 nitrogen and oxygen atoms in total. The maximum absolute atomic E-state index is 3.56. The SMILES string of the molecule is CC(Nc1c(Br)cccc1Br)c1ccccc1. The van der Waals surface area contributed by atoms with Crippen molar-refractivity contribution in [2.24, 2.45) is 0 Å². The molecule has 2 aromatic carbocycles. The zero-order chi connectivity index (χ0) is 12.3. The van der Waals surface area contributed by atoms with Crippen molar-refractivity contribution in [2.45, 2.75) is 13.0 Å². The van der Waals surface area contributed by atoms with E-state index in [4.69, 9.17) is 0 Å². The van der Waals surface area contributed by atoms with E-state index in [1.54, 1.807) is 0 Å². The summed E-state index contributed by atoms with van der Waals surface area (Å²) in [6.07, 6.45) is 0. The second-order valence-electron chi connectivity index (χ2n) is 3.87. The van der Waals surface area contributed by atoms with Crippen molar-refractivity contribution in [1.29, 1.82) is 0 Å². The summed E-state index contributed by atoms with van der Waals surface area (Å²) in [6.45, 7) is 2.15. The van der Waals surface area contributed by atoms with Gasteiger partial charge in [0.25, 0.3) is 0 Å². The molecule has 0 aliphatic carbocycles. The molecule has 0 aliphatic heterocycles. The lowest BCUT2D eigenvalue weighted by atomic mass is 10.1. The summed E-state index contributed by atoms with van der Waals surface area (Å²) in [5.41, 5.74) is 2.36. The van der Waals surface area contributed by atoms with Crippen LogP contribution in [0.1, 0.15) is 18.5 Å². The molecule has 2 aromatic rings. The second-order valence-corrected chi connectivity index (χ2v) is 5.58. The van der Waals surface area contributed by atoms with Crippen molar-refractivity contribution in [3.8, 4) is 0 Å². The van der Waals surface area contributed by atoms with Gasteiger partial charge in [-0.05, 0) is 56.5 Å². The van der Waals surface area contributed by atoms with Crippen molar-refractivity contribution in [3.63, 3.8) is 0 Å². The van der Waals surface area contributed by atoms with E-state index in [0.29, 0.717) is 0 Å². The molecule has 0 saturated carbocycles. The molecule has 0 bridgehead atoms. The highest BCUT2D eigenvalue weighted by Crippen LogP contribution is 2.33. The number of para-hydroxylation sites is 1. The number of hydrogen-bond donors (Lipinski definition) is 1. The summed E-state index contributed by atoms with van der Waals surface area (Å²) in [4.78, 5) is 0. The monoisotopic (exact) mass is 353 g/mol. The number of hydrogen-bond acceptors (Lipinski definition) is 1. The fourth-order valence-electron chi connectivity index (χ4n) is 1.68. The van der Waals surface area contributed by atoms with Crippen LogP contribution < -0.4 is 5.32 Å². The van der Waals surface area contributed by atoms with Crippen LogP contribution >= 0.6 is 31.9 Å². The van der Waals surface area contributed by atoms with Crippen LogP contribution in [0.2, 0.25) is 0 Å². The normalized spacial score (nSPS) is 12.2. The highest BCUT2D eigenvalue weighted by atomic mass is 79.9. The summed E-state index contributed by atoms with van der Waals surface area (Å²) in [5.74, 6) is 0. The van der Waals surface area contributed by atoms with E-state index in [1.165, 1.54) is 5.56 Å². The van der Waals surface area contributed by atoms with E-state index in [0.717, 1.165) is 14.6 Å². The fraction of sp³-hybridized carbons (Fsp3) is 0.143. The average Bonchev–Trinajstić information content (AvgIpc) is 2.35. The van der Waals surface area contributed by atoms with E-state index in [-0.39, 0.29) is 6.04 Å². The lowest BCUT2D eigenvalue weighted by Crippen LogP contribution is -2.07. The molecule has 0 heterocycles. The van der Waals surface area contributed by atoms with Gasteiger partial charge in [-0.2, -0.15) is 0 Å². The Hall–Kier alpha value is -0.800. The molecule has 0 radical (unpaired) electrons. The standard InChI is InChI=1S/C14H13Br2N/c1-10(11-6-3-2-4-7-11)17-14-12(15)8-5-9-13(14)16/h2-10,17H,1H3. The molecule has 0 amide bonds. The molecule has 17 heavy (non-hydrogen) atoms. The first kappa shape index (κ1) is 12.7. The van der Waals surface area contributed by atoms with Gasteiger partial charge in [0.2, 0.25) is 0 Å². The van der Waals surface area contributed by atoms with Gasteiger partial charge in [-0.15, -0.1) is 0 Å². The highest BCUT2D eigenvalue weighted by molar-refractivity contribution is 9.11. The third-order valence-corrected chi connectivity index (χ3v) is 3.94. The Kier molecular flexibility index (Phi) is 4.24. The molecule has 0 aliphatic rings. The zero-order valence-corrected chi connectivity index (χ0v) is 12.6. The third kappa shape index (κ3) is 3.11. The van der Waals surface area contributed by atoms with E-state index < -0.39 is 0 Å². The van der Waals surface area contributed by atoms with Gasteiger partial charge in [-0.25, -0.2) is 0 Å². The van der Waals surface area contributed by atoms with Crippen molar-refractivity contribution < 1.29 is 0 Å². The quantitative estimate of drug-likeness (QED) is 0.779. The molecule has 0 saturated heterocycles. The van der Waals surface area contributed by atoms with Crippen molar-refractivity contribution in [2.75, 3.05) is 5.32 Å². The Morgan fingerprint density at radius 3 is 2.06 bits per heavy atom. The minimum absolute atomic E-state index is 0.270. The topological polar surface area (TPSA) is 12.0 Å². The molecule has 0 aromatic heterocycles. The van der Waals surface area contributed by atoms with Crippen molar-refractivity contribution in [3.05, 3.63) is 63.0 Å². The van der Waals surface area contributed by atoms with E-state index in [9.17, 15) is 0 Å². The minimum atomic E-state index is 0.270. The van der Waals surface area contributed by atoms with Gasteiger partial charge in [-0.3, -0.25) is 0 Å². The largest absolute Gasteiger partial charge is 0.377 e. The molecule has 1 atom stereocenters. The molecule has 0 spiro atoms.